The van der Waals surface area contributed by atoms with Crippen LogP contribution in [0.25, 0.3) is 0 Å². The van der Waals surface area contributed by atoms with Gasteiger partial charge in [0.2, 0.25) is 0 Å². The molecule has 7 heteroatoms. The van der Waals surface area contributed by atoms with Gasteiger partial charge < -0.3 is 30.9 Å². The molecule has 1 fully saturated rings. The van der Waals surface area contributed by atoms with E-state index >= 15 is 0 Å². The third kappa shape index (κ3) is 1.79. The van der Waals surface area contributed by atoms with Gasteiger partial charge in [0.25, 0.3) is 0 Å². The van der Waals surface area contributed by atoms with Gasteiger partial charge in [-0.1, -0.05) is 0 Å². The summed E-state index contributed by atoms with van der Waals surface area (Å²) in [5.74, 6) is -1.44. The predicted molar refractivity (Wildman–Crippen MR) is 38.5 cm³/mol. The van der Waals surface area contributed by atoms with Gasteiger partial charge in [-0.2, -0.15) is 0 Å². The van der Waals surface area contributed by atoms with E-state index in [9.17, 15) is 4.79 Å². The molecule has 1 heterocycles. The number of rotatable bonds is 1. The summed E-state index contributed by atoms with van der Waals surface area (Å²) < 4.78 is 4.56. The lowest BCUT2D eigenvalue weighted by atomic mass is 9.98. The van der Waals surface area contributed by atoms with Gasteiger partial charge in [-0.3, -0.25) is 0 Å². The zero-order chi connectivity index (χ0) is 10.2. The second-order valence-corrected chi connectivity index (χ2v) is 2.83. The van der Waals surface area contributed by atoms with E-state index in [1.54, 1.807) is 0 Å². The maximum absolute atomic E-state index is 10.4. The number of ether oxygens (including phenoxy) is 1. The fourth-order valence-electron chi connectivity index (χ4n) is 1.11. The van der Waals surface area contributed by atoms with Crippen LogP contribution in [0.2, 0.25) is 0 Å². The highest BCUT2D eigenvalue weighted by Crippen LogP contribution is 2.18. The van der Waals surface area contributed by atoms with Crippen LogP contribution in [0.5, 0.6) is 0 Å². The summed E-state index contributed by atoms with van der Waals surface area (Å²) in [6, 6.07) is 0. The number of aliphatic hydroxyl groups excluding tert-OH is 3. The Bertz CT molecular complexity index is 209. The SMILES string of the molecule is NC1O[C@@H](C(=O)O)[C@@H](O)[C@H](O)C1O. The second kappa shape index (κ2) is 3.56. The first-order valence-electron chi connectivity index (χ1n) is 3.63. The number of aliphatic hydroxyl groups is 3. The van der Waals surface area contributed by atoms with Crippen LogP contribution >= 0.6 is 0 Å². The number of hydrogen-bond donors (Lipinski definition) is 5. The molecule has 1 aliphatic heterocycles. The standard InChI is InChI=1S/C6H11NO6/c7-5-3(10)1(8)2(9)4(13-5)6(11)12/h1-5,8-10H,7H2,(H,11,12)/t1-,2-,3?,4+,5?/m0/s1. The molecule has 0 aromatic carbocycles. The third-order valence-corrected chi connectivity index (χ3v) is 1.89. The van der Waals surface area contributed by atoms with Crippen molar-refractivity contribution in [1.29, 1.82) is 0 Å². The van der Waals surface area contributed by atoms with E-state index in [0.29, 0.717) is 0 Å². The van der Waals surface area contributed by atoms with Gasteiger partial charge in [0.15, 0.2) is 6.10 Å². The van der Waals surface area contributed by atoms with E-state index in [1.165, 1.54) is 0 Å². The summed E-state index contributed by atoms with van der Waals surface area (Å²) in [6.07, 6.45) is -7.67. The number of aliphatic carboxylic acids is 1. The lowest BCUT2D eigenvalue weighted by molar-refractivity contribution is -0.226. The number of nitrogens with two attached hydrogens (primary N) is 1. The van der Waals surface area contributed by atoms with Gasteiger partial charge in [0.05, 0.1) is 0 Å². The molecule has 0 aliphatic carbocycles. The first-order chi connectivity index (χ1) is 5.95. The molecule has 76 valence electrons. The summed E-state index contributed by atoms with van der Waals surface area (Å²) in [4.78, 5) is 10.4. The molecule has 1 saturated heterocycles. The van der Waals surface area contributed by atoms with E-state index in [2.05, 4.69) is 4.74 Å². The summed E-state index contributed by atoms with van der Waals surface area (Å²) >= 11 is 0. The number of carboxylic acid groups (broad SMARTS) is 1. The highest BCUT2D eigenvalue weighted by Gasteiger charge is 2.45. The molecular formula is C6H11NO6. The van der Waals surface area contributed by atoms with Crippen LogP contribution < -0.4 is 5.73 Å². The summed E-state index contributed by atoms with van der Waals surface area (Å²) in [5, 5.41) is 35.8. The predicted octanol–water partition coefficient (Wildman–Crippen LogP) is -3.16. The Balaban J connectivity index is 2.76. The zero-order valence-electron chi connectivity index (χ0n) is 6.57. The van der Waals surface area contributed by atoms with Crippen molar-refractivity contribution in [3.05, 3.63) is 0 Å². The molecule has 13 heavy (non-hydrogen) atoms. The topological polar surface area (TPSA) is 133 Å². The molecule has 0 aromatic rings. The third-order valence-electron chi connectivity index (χ3n) is 1.89. The molecule has 0 radical (unpaired) electrons. The molecule has 2 unspecified atom stereocenters. The van der Waals surface area contributed by atoms with Crippen LogP contribution in [-0.4, -0.2) is 57.0 Å². The van der Waals surface area contributed by atoms with Gasteiger partial charge in [0, 0.05) is 0 Å². The van der Waals surface area contributed by atoms with Gasteiger partial charge in [-0.15, -0.1) is 0 Å². The van der Waals surface area contributed by atoms with Crippen LogP contribution in [0.3, 0.4) is 0 Å². The molecule has 0 spiro atoms. The molecule has 6 N–H and O–H groups in total. The minimum atomic E-state index is -1.67. The van der Waals surface area contributed by atoms with Crippen molar-refractivity contribution < 1.29 is 30.0 Å². The number of carbonyl (C=O) groups is 1. The van der Waals surface area contributed by atoms with E-state index in [0.717, 1.165) is 0 Å². The number of carboxylic acids is 1. The smallest absolute Gasteiger partial charge is 0.335 e. The van der Waals surface area contributed by atoms with Gasteiger partial charge in [0.1, 0.15) is 24.5 Å². The monoisotopic (exact) mass is 193 g/mol. The molecule has 0 bridgehead atoms. The van der Waals surface area contributed by atoms with Crippen LogP contribution in [0, 0.1) is 0 Å². The Morgan fingerprint density at radius 3 is 2.15 bits per heavy atom. The van der Waals surface area contributed by atoms with Crippen molar-refractivity contribution in [2.75, 3.05) is 0 Å². The molecule has 0 amide bonds. The molecule has 0 saturated carbocycles. The van der Waals surface area contributed by atoms with Crippen molar-refractivity contribution in [2.45, 2.75) is 30.6 Å². The van der Waals surface area contributed by atoms with E-state index in [1.807, 2.05) is 0 Å². The van der Waals surface area contributed by atoms with Crippen LogP contribution in [0.4, 0.5) is 0 Å². The normalized spacial score (nSPS) is 46.0. The Labute approximate surface area is 73.4 Å². The van der Waals surface area contributed by atoms with Crippen molar-refractivity contribution >= 4 is 5.97 Å². The van der Waals surface area contributed by atoms with E-state index < -0.39 is 36.6 Å². The van der Waals surface area contributed by atoms with Crippen molar-refractivity contribution in [3.63, 3.8) is 0 Å². The fraction of sp³-hybridized carbons (Fsp3) is 0.833. The Morgan fingerprint density at radius 2 is 1.69 bits per heavy atom. The van der Waals surface area contributed by atoms with Gasteiger partial charge in [-0.05, 0) is 0 Å². The van der Waals surface area contributed by atoms with Crippen molar-refractivity contribution in [1.82, 2.24) is 0 Å². The summed E-state index contributed by atoms with van der Waals surface area (Å²) in [6.45, 7) is 0. The molecule has 7 nitrogen and oxygen atoms in total. The molecule has 0 aromatic heterocycles. The quantitative estimate of drug-likeness (QED) is 0.296. The Morgan fingerprint density at radius 1 is 1.15 bits per heavy atom. The number of hydrogen-bond acceptors (Lipinski definition) is 6. The second-order valence-electron chi connectivity index (χ2n) is 2.83. The van der Waals surface area contributed by atoms with Gasteiger partial charge >= 0.3 is 5.97 Å². The molecular weight excluding hydrogens is 182 g/mol. The van der Waals surface area contributed by atoms with Crippen LogP contribution in [0.1, 0.15) is 0 Å². The average molecular weight is 193 g/mol. The maximum Gasteiger partial charge on any atom is 0.335 e. The Kier molecular flexibility index (Phi) is 2.84. The fourth-order valence-corrected chi connectivity index (χ4v) is 1.11. The molecule has 1 rings (SSSR count). The average Bonchev–Trinajstić information content (AvgIpc) is 2.07. The van der Waals surface area contributed by atoms with E-state index in [4.69, 9.17) is 26.2 Å². The molecule has 5 atom stereocenters. The summed E-state index contributed by atoms with van der Waals surface area (Å²) in [5.41, 5.74) is 5.15. The van der Waals surface area contributed by atoms with Crippen LogP contribution in [-0.2, 0) is 9.53 Å². The minimum Gasteiger partial charge on any atom is -0.479 e. The minimum absolute atomic E-state index is 1.31. The van der Waals surface area contributed by atoms with Crippen molar-refractivity contribution in [3.8, 4) is 0 Å². The maximum atomic E-state index is 10.4. The highest BCUT2D eigenvalue weighted by atomic mass is 16.6. The van der Waals surface area contributed by atoms with Crippen molar-refractivity contribution in [2.24, 2.45) is 5.73 Å². The van der Waals surface area contributed by atoms with E-state index in [-0.39, 0.29) is 0 Å². The zero-order valence-corrected chi connectivity index (χ0v) is 6.57. The van der Waals surface area contributed by atoms with Gasteiger partial charge in [-0.25, -0.2) is 4.79 Å². The lowest BCUT2D eigenvalue weighted by Crippen LogP contribution is -2.62. The molecule has 1 aliphatic rings. The largest absolute Gasteiger partial charge is 0.479 e. The first-order valence-corrected chi connectivity index (χ1v) is 3.63. The summed E-state index contributed by atoms with van der Waals surface area (Å²) in [7, 11) is 0. The first kappa shape index (κ1) is 10.4. The Hall–Kier alpha value is -0.730. The highest BCUT2D eigenvalue weighted by molar-refractivity contribution is 5.73. The lowest BCUT2D eigenvalue weighted by Gasteiger charge is -2.36. The van der Waals surface area contributed by atoms with Crippen LogP contribution in [0.15, 0.2) is 0 Å².